The first kappa shape index (κ1) is 14.9. The minimum atomic E-state index is 0.253. The minimum absolute atomic E-state index is 0.253. The van der Waals surface area contributed by atoms with E-state index in [0.29, 0.717) is 0 Å². The number of hydrogen-bond donors (Lipinski definition) is 1. The van der Waals surface area contributed by atoms with Gasteiger partial charge in [0.05, 0.1) is 0 Å². The topological polar surface area (TPSA) is 18.5 Å². The maximum Gasteiger partial charge on any atom is 0.0110 e. The quantitative estimate of drug-likeness (QED) is 0.765. The molecule has 0 bridgehead atoms. The summed E-state index contributed by atoms with van der Waals surface area (Å²) >= 11 is 0. The summed E-state index contributed by atoms with van der Waals surface area (Å²) in [5.74, 6) is 0. The van der Waals surface area contributed by atoms with E-state index in [-0.39, 0.29) is 5.54 Å². The maximum absolute atomic E-state index is 3.56. The zero-order chi connectivity index (χ0) is 12.7. The molecule has 1 heterocycles. The second kappa shape index (κ2) is 7.34. The Labute approximate surface area is 108 Å². The molecule has 0 radical (unpaired) electrons. The van der Waals surface area contributed by atoms with Crippen LogP contribution in [0.4, 0.5) is 0 Å². The Bertz CT molecular complexity index is 190. The standard InChI is InChI=1S/C14H31N3/c1-5-6-8-16-10-12-17(13-11-16)9-7-15-14(2,3)4/h15H,5-13H2,1-4H3. The SMILES string of the molecule is CCCCN1CCN(CCNC(C)(C)C)CC1. The van der Waals surface area contributed by atoms with Gasteiger partial charge in [-0.25, -0.2) is 0 Å². The van der Waals surface area contributed by atoms with Crippen molar-refractivity contribution in [3.63, 3.8) is 0 Å². The van der Waals surface area contributed by atoms with Crippen molar-refractivity contribution in [3.8, 4) is 0 Å². The first-order valence-corrected chi connectivity index (χ1v) is 7.21. The van der Waals surface area contributed by atoms with Crippen molar-refractivity contribution in [1.29, 1.82) is 0 Å². The summed E-state index contributed by atoms with van der Waals surface area (Å²) in [6.07, 6.45) is 2.67. The number of nitrogens with one attached hydrogen (secondary N) is 1. The van der Waals surface area contributed by atoms with Gasteiger partial charge in [0.2, 0.25) is 0 Å². The van der Waals surface area contributed by atoms with Gasteiger partial charge in [0.15, 0.2) is 0 Å². The molecule has 0 saturated carbocycles. The third kappa shape index (κ3) is 7.02. The molecule has 1 aliphatic rings. The Morgan fingerprint density at radius 1 is 0.941 bits per heavy atom. The fraction of sp³-hybridized carbons (Fsp3) is 1.00. The van der Waals surface area contributed by atoms with Gasteiger partial charge in [-0.05, 0) is 33.7 Å². The molecule has 17 heavy (non-hydrogen) atoms. The summed E-state index contributed by atoms with van der Waals surface area (Å²) in [7, 11) is 0. The average molecular weight is 241 g/mol. The molecule has 0 aromatic rings. The van der Waals surface area contributed by atoms with Gasteiger partial charge in [-0.3, -0.25) is 4.90 Å². The van der Waals surface area contributed by atoms with Gasteiger partial charge in [-0.1, -0.05) is 13.3 Å². The summed E-state index contributed by atoms with van der Waals surface area (Å²) in [4.78, 5) is 5.19. The molecule has 3 heteroatoms. The van der Waals surface area contributed by atoms with Crippen LogP contribution in [-0.2, 0) is 0 Å². The van der Waals surface area contributed by atoms with Crippen molar-refractivity contribution in [3.05, 3.63) is 0 Å². The largest absolute Gasteiger partial charge is 0.311 e. The van der Waals surface area contributed by atoms with E-state index in [1.807, 2.05) is 0 Å². The van der Waals surface area contributed by atoms with E-state index in [2.05, 4.69) is 42.8 Å². The van der Waals surface area contributed by atoms with Crippen LogP contribution < -0.4 is 5.32 Å². The number of nitrogens with zero attached hydrogens (tertiary/aromatic N) is 2. The molecule has 0 aromatic carbocycles. The first-order chi connectivity index (χ1) is 8.01. The molecule has 1 fully saturated rings. The fourth-order valence-corrected chi connectivity index (χ4v) is 2.21. The Morgan fingerprint density at radius 2 is 1.47 bits per heavy atom. The van der Waals surface area contributed by atoms with Crippen LogP contribution in [0.15, 0.2) is 0 Å². The summed E-state index contributed by atoms with van der Waals surface area (Å²) < 4.78 is 0. The van der Waals surface area contributed by atoms with E-state index in [1.54, 1.807) is 0 Å². The lowest BCUT2D eigenvalue weighted by molar-refractivity contribution is 0.130. The van der Waals surface area contributed by atoms with Gasteiger partial charge in [0, 0.05) is 44.8 Å². The van der Waals surface area contributed by atoms with E-state index < -0.39 is 0 Å². The predicted octanol–water partition coefficient (Wildman–Crippen LogP) is 1.79. The lowest BCUT2D eigenvalue weighted by Crippen LogP contribution is -2.49. The van der Waals surface area contributed by atoms with Crippen molar-refractivity contribution in [2.75, 3.05) is 45.8 Å². The van der Waals surface area contributed by atoms with E-state index in [0.717, 1.165) is 6.54 Å². The van der Waals surface area contributed by atoms with Crippen LogP contribution >= 0.6 is 0 Å². The Kier molecular flexibility index (Phi) is 6.45. The molecule has 1 N–H and O–H groups in total. The van der Waals surface area contributed by atoms with Gasteiger partial charge in [0.25, 0.3) is 0 Å². The van der Waals surface area contributed by atoms with Gasteiger partial charge in [-0.2, -0.15) is 0 Å². The van der Waals surface area contributed by atoms with Gasteiger partial charge in [-0.15, -0.1) is 0 Å². The van der Waals surface area contributed by atoms with E-state index in [4.69, 9.17) is 0 Å². The number of hydrogen-bond acceptors (Lipinski definition) is 3. The van der Waals surface area contributed by atoms with Crippen molar-refractivity contribution in [2.24, 2.45) is 0 Å². The zero-order valence-corrected chi connectivity index (χ0v) is 12.3. The van der Waals surface area contributed by atoms with Gasteiger partial charge >= 0.3 is 0 Å². The fourth-order valence-electron chi connectivity index (χ4n) is 2.21. The molecule has 0 spiro atoms. The average Bonchev–Trinajstić information content (AvgIpc) is 2.26. The number of piperazine rings is 1. The molecular weight excluding hydrogens is 210 g/mol. The highest BCUT2D eigenvalue weighted by molar-refractivity contribution is 4.75. The highest BCUT2D eigenvalue weighted by atomic mass is 15.3. The van der Waals surface area contributed by atoms with Gasteiger partial charge < -0.3 is 10.2 Å². The van der Waals surface area contributed by atoms with Crippen LogP contribution in [0.25, 0.3) is 0 Å². The second-order valence-corrected chi connectivity index (χ2v) is 6.21. The molecule has 0 unspecified atom stereocenters. The molecule has 0 amide bonds. The minimum Gasteiger partial charge on any atom is -0.311 e. The highest BCUT2D eigenvalue weighted by Crippen LogP contribution is 2.03. The van der Waals surface area contributed by atoms with Crippen LogP contribution in [0.3, 0.4) is 0 Å². The predicted molar refractivity (Wildman–Crippen MR) is 75.5 cm³/mol. The molecule has 1 saturated heterocycles. The van der Waals surface area contributed by atoms with Crippen LogP contribution in [0, 0.1) is 0 Å². The van der Waals surface area contributed by atoms with Crippen LogP contribution in [0.1, 0.15) is 40.5 Å². The van der Waals surface area contributed by atoms with Crippen LogP contribution in [0.5, 0.6) is 0 Å². The lowest BCUT2D eigenvalue weighted by Gasteiger charge is -2.35. The van der Waals surface area contributed by atoms with Crippen LogP contribution in [0.2, 0.25) is 0 Å². The van der Waals surface area contributed by atoms with E-state index in [1.165, 1.54) is 52.1 Å². The Balaban J connectivity index is 2.07. The van der Waals surface area contributed by atoms with Crippen molar-refractivity contribution in [2.45, 2.75) is 46.1 Å². The third-order valence-electron chi connectivity index (χ3n) is 3.38. The summed E-state index contributed by atoms with van der Waals surface area (Å²) in [6.45, 7) is 17.6. The van der Waals surface area contributed by atoms with E-state index in [9.17, 15) is 0 Å². The smallest absolute Gasteiger partial charge is 0.0110 e. The summed E-state index contributed by atoms with van der Waals surface area (Å²) in [6, 6.07) is 0. The lowest BCUT2D eigenvalue weighted by atomic mass is 10.1. The molecule has 1 aliphatic heterocycles. The van der Waals surface area contributed by atoms with Crippen molar-refractivity contribution >= 4 is 0 Å². The van der Waals surface area contributed by atoms with Crippen molar-refractivity contribution in [1.82, 2.24) is 15.1 Å². The monoisotopic (exact) mass is 241 g/mol. The molecule has 0 atom stereocenters. The summed E-state index contributed by atoms with van der Waals surface area (Å²) in [5.41, 5.74) is 0.253. The third-order valence-corrected chi connectivity index (χ3v) is 3.38. The Hall–Kier alpha value is -0.120. The molecule has 0 aliphatic carbocycles. The van der Waals surface area contributed by atoms with Crippen LogP contribution in [-0.4, -0.2) is 61.2 Å². The van der Waals surface area contributed by atoms with E-state index >= 15 is 0 Å². The maximum atomic E-state index is 3.56. The molecule has 102 valence electrons. The second-order valence-electron chi connectivity index (χ2n) is 6.21. The molecule has 1 rings (SSSR count). The molecule has 0 aromatic heterocycles. The normalized spacial score (nSPS) is 19.8. The van der Waals surface area contributed by atoms with Crippen molar-refractivity contribution < 1.29 is 0 Å². The first-order valence-electron chi connectivity index (χ1n) is 7.21. The van der Waals surface area contributed by atoms with Gasteiger partial charge in [0.1, 0.15) is 0 Å². The highest BCUT2D eigenvalue weighted by Gasteiger charge is 2.16. The number of unbranched alkanes of at least 4 members (excludes halogenated alkanes) is 1. The molecular formula is C14H31N3. The number of rotatable bonds is 6. The molecule has 3 nitrogen and oxygen atoms in total. The Morgan fingerprint density at radius 3 is 1.94 bits per heavy atom. The zero-order valence-electron chi connectivity index (χ0n) is 12.3. The summed E-state index contributed by atoms with van der Waals surface area (Å²) in [5, 5.41) is 3.56.